The quantitative estimate of drug-likeness (QED) is 0.0269. The number of nitrogens with zero attached hydrogens (tertiary/aromatic N) is 3. The van der Waals surface area contributed by atoms with Crippen molar-refractivity contribution in [2.45, 2.75) is 186 Å². The van der Waals surface area contributed by atoms with Crippen molar-refractivity contribution in [3.05, 3.63) is 0 Å². The van der Waals surface area contributed by atoms with Gasteiger partial charge in [-0.3, -0.25) is 14.2 Å². The number of quaternary nitrogens is 1. The van der Waals surface area contributed by atoms with Crippen LogP contribution in [0.2, 0.25) is 0 Å². The molecule has 0 radical (unpaired) electrons. The van der Waals surface area contributed by atoms with Crippen LogP contribution in [0.1, 0.15) is 174 Å². The molecule has 1 aliphatic heterocycles. The van der Waals surface area contributed by atoms with E-state index in [4.69, 9.17) is 18.5 Å². The van der Waals surface area contributed by atoms with E-state index in [1.807, 2.05) is 21.1 Å². The van der Waals surface area contributed by atoms with Gasteiger partial charge in [0.25, 0.3) is 7.82 Å². The van der Waals surface area contributed by atoms with E-state index in [2.05, 4.69) is 24.1 Å². The number of hydrogen-bond acceptors (Lipinski definition) is 10. The molecule has 50 heavy (non-hydrogen) atoms. The highest BCUT2D eigenvalue weighted by Gasteiger charge is 2.38. The lowest BCUT2D eigenvalue weighted by Gasteiger charge is -2.28. The zero-order valence-electron chi connectivity index (χ0n) is 32.6. The van der Waals surface area contributed by atoms with Crippen molar-refractivity contribution < 1.29 is 42.1 Å². The topological polar surface area (TPSA) is 136 Å². The summed E-state index contributed by atoms with van der Waals surface area (Å²) in [7, 11) is 1.15. The monoisotopic (exact) mass is 732 g/mol. The van der Waals surface area contributed by atoms with Gasteiger partial charge in [0.1, 0.15) is 19.8 Å². The van der Waals surface area contributed by atoms with E-state index in [0.717, 1.165) is 51.4 Å². The predicted molar refractivity (Wildman–Crippen MR) is 198 cm³/mol. The molecule has 2 unspecified atom stereocenters. The number of unbranched alkanes of at least 4 members (excludes halogenated alkanes) is 18. The molecule has 0 amide bonds. The SMILES string of the molecule is CCCCCCCCCCCCCC(=O)OCC(COP(=O)([O-])OCC[N+](C)(C)C)OC(=O)CCCCCCCCCCC1(CCCC)N=N1. The normalized spacial score (nSPS) is 15.5. The predicted octanol–water partition coefficient (Wildman–Crippen LogP) is 9.60. The molecule has 1 heterocycles. The van der Waals surface area contributed by atoms with Gasteiger partial charge >= 0.3 is 11.9 Å². The Morgan fingerprint density at radius 1 is 0.640 bits per heavy atom. The zero-order valence-corrected chi connectivity index (χ0v) is 33.5. The Morgan fingerprint density at radius 2 is 1.10 bits per heavy atom. The number of phosphoric acid groups is 1. The lowest BCUT2D eigenvalue weighted by molar-refractivity contribution is -0.870. The number of carbonyl (C=O) groups is 2. The van der Waals surface area contributed by atoms with Crippen LogP contribution in [-0.4, -0.2) is 75.7 Å². The molecule has 0 saturated carbocycles. The van der Waals surface area contributed by atoms with Crippen LogP contribution in [0.5, 0.6) is 0 Å². The molecule has 0 spiro atoms. The number of rotatable bonds is 36. The van der Waals surface area contributed by atoms with Gasteiger partial charge in [0.05, 0.1) is 27.7 Å². The van der Waals surface area contributed by atoms with Gasteiger partial charge in [0.2, 0.25) is 0 Å². The fraction of sp³-hybridized carbons (Fsp3) is 0.947. The van der Waals surface area contributed by atoms with Crippen molar-refractivity contribution in [3.63, 3.8) is 0 Å². The Hall–Kier alpha value is -1.39. The molecule has 294 valence electrons. The molecule has 0 fully saturated rings. The average Bonchev–Trinajstić information content (AvgIpc) is 3.83. The summed E-state index contributed by atoms with van der Waals surface area (Å²) in [6.07, 6.45) is 25.6. The van der Waals surface area contributed by atoms with Crippen LogP contribution < -0.4 is 4.89 Å². The number of esters is 2. The van der Waals surface area contributed by atoms with Gasteiger partial charge in [0.15, 0.2) is 11.8 Å². The van der Waals surface area contributed by atoms with Gasteiger partial charge in [-0.25, -0.2) is 0 Å². The second-order valence-electron chi connectivity index (χ2n) is 15.3. The number of carbonyl (C=O) groups excluding carboxylic acids is 2. The summed E-state index contributed by atoms with van der Waals surface area (Å²) < 4.78 is 33.8. The number of ether oxygens (including phenoxy) is 2. The van der Waals surface area contributed by atoms with Crippen molar-refractivity contribution in [1.82, 2.24) is 0 Å². The van der Waals surface area contributed by atoms with Gasteiger partial charge in [-0.05, 0) is 38.5 Å². The van der Waals surface area contributed by atoms with Crippen LogP contribution in [0.25, 0.3) is 0 Å². The van der Waals surface area contributed by atoms with E-state index >= 15 is 0 Å². The first-order chi connectivity index (χ1) is 23.9. The minimum atomic E-state index is -4.62. The van der Waals surface area contributed by atoms with Gasteiger partial charge in [-0.1, -0.05) is 123 Å². The fourth-order valence-electron chi connectivity index (χ4n) is 5.78. The molecular formula is C38H74N3O8P. The molecule has 0 aliphatic carbocycles. The molecule has 1 aliphatic rings. The molecule has 0 aromatic carbocycles. The van der Waals surface area contributed by atoms with Crippen LogP contribution in [0.4, 0.5) is 0 Å². The first kappa shape index (κ1) is 46.6. The number of hydrogen-bond donors (Lipinski definition) is 0. The Bertz CT molecular complexity index is 953. The van der Waals surface area contributed by atoms with E-state index in [9.17, 15) is 19.0 Å². The third-order valence-electron chi connectivity index (χ3n) is 9.16. The summed E-state index contributed by atoms with van der Waals surface area (Å²) in [4.78, 5) is 37.4. The lowest BCUT2D eigenvalue weighted by atomic mass is 9.98. The van der Waals surface area contributed by atoms with Crippen molar-refractivity contribution in [1.29, 1.82) is 0 Å². The largest absolute Gasteiger partial charge is 0.756 e. The summed E-state index contributed by atoms with van der Waals surface area (Å²) >= 11 is 0. The van der Waals surface area contributed by atoms with Gasteiger partial charge < -0.3 is 27.9 Å². The van der Waals surface area contributed by atoms with Crippen molar-refractivity contribution in [2.24, 2.45) is 10.2 Å². The second kappa shape index (κ2) is 28.2. The van der Waals surface area contributed by atoms with E-state index in [1.165, 1.54) is 89.9 Å². The highest BCUT2D eigenvalue weighted by Crippen LogP contribution is 2.39. The smallest absolute Gasteiger partial charge is 0.306 e. The molecule has 1 rings (SSSR count). The van der Waals surface area contributed by atoms with E-state index < -0.39 is 26.5 Å². The fourth-order valence-corrected chi connectivity index (χ4v) is 6.51. The first-order valence-electron chi connectivity index (χ1n) is 20.1. The minimum Gasteiger partial charge on any atom is -0.756 e. The average molecular weight is 732 g/mol. The van der Waals surface area contributed by atoms with Crippen LogP contribution >= 0.6 is 7.82 Å². The minimum absolute atomic E-state index is 0.0329. The summed E-state index contributed by atoms with van der Waals surface area (Å²) in [6.45, 7) is 4.14. The molecule has 0 aromatic rings. The van der Waals surface area contributed by atoms with Crippen molar-refractivity contribution >= 4 is 19.8 Å². The second-order valence-corrected chi connectivity index (χ2v) is 16.7. The van der Waals surface area contributed by atoms with Gasteiger partial charge in [0, 0.05) is 12.8 Å². The van der Waals surface area contributed by atoms with Crippen LogP contribution in [0.3, 0.4) is 0 Å². The molecule has 2 atom stereocenters. The van der Waals surface area contributed by atoms with E-state index in [0.29, 0.717) is 17.4 Å². The molecule has 0 N–H and O–H groups in total. The molecular weight excluding hydrogens is 657 g/mol. The zero-order chi connectivity index (χ0) is 37.0. The maximum atomic E-state index is 12.6. The van der Waals surface area contributed by atoms with Crippen LogP contribution in [0.15, 0.2) is 10.2 Å². The summed E-state index contributed by atoms with van der Waals surface area (Å²) in [5.74, 6) is -0.848. The number of likely N-dealkylation sites (N-methyl/N-ethyl adjacent to an activating group) is 1. The standard InChI is InChI=1S/C38H74N3O8P/c1-6-8-10-11-12-13-14-15-18-21-24-27-36(42)46-33-35(34-48-50(44,45)47-32-31-41(3,4)5)49-37(43)28-25-22-19-16-17-20-23-26-30-38(39-40-38)29-9-7-2/h35H,6-34H2,1-5H3. The molecule has 0 aromatic heterocycles. The number of phosphoric ester groups is 1. The summed E-state index contributed by atoms with van der Waals surface area (Å²) in [5.41, 5.74) is -0.0441. The molecule has 12 heteroatoms. The Labute approximate surface area is 305 Å². The maximum Gasteiger partial charge on any atom is 0.306 e. The Morgan fingerprint density at radius 3 is 1.60 bits per heavy atom. The summed E-state index contributed by atoms with van der Waals surface area (Å²) in [6, 6.07) is 0. The maximum absolute atomic E-state index is 12.6. The Kier molecular flexibility index (Phi) is 26.3. The van der Waals surface area contributed by atoms with E-state index in [1.54, 1.807) is 0 Å². The Balaban J connectivity index is 2.31. The first-order valence-corrected chi connectivity index (χ1v) is 21.6. The van der Waals surface area contributed by atoms with Crippen molar-refractivity contribution in [2.75, 3.05) is 47.5 Å². The third kappa shape index (κ3) is 28.2. The molecule has 0 bridgehead atoms. The van der Waals surface area contributed by atoms with E-state index in [-0.39, 0.29) is 37.7 Å². The molecule has 0 saturated heterocycles. The lowest BCUT2D eigenvalue weighted by Crippen LogP contribution is -2.37. The molecule has 11 nitrogen and oxygen atoms in total. The van der Waals surface area contributed by atoms with Crippen LogP contribution in [-0.2, 0) is 32.7 Å². The highest BCUT2D eigenvalue weighted by atomic mass is 31.2. The van der Waals surface area contributed by atoms with Gasteiger partial charge in [-0.2, -0.15) is 10.2 Å². The highest BCUT2D eigenvalue weighted by molar-refractivity contribution is 7.45. The van der Waals surface area contributed by atoms with Gasteiger partial charge in [-0.15, -0.1) is 0 Å². The summed E-state index contributed by atoms with van der Waals surface area (Å²) in [5, 5.41) is 8.57. The third-order valence-corrected chi connectivity index (χ3v) is 10.1. The van der Waals surface area contributed by atoms with Crippen molar-refractivity contribution in [3.8, 4) is 0 Å². The van der Waals surface area contributed by atoms with Crippen LogP contribution in [0, 0.1) is 0 Å².